The molecule has 2 aromatic carbocycles. The van der Waals surface area contributed by atoms with Crippen molar-refractivity contribution in [2.45, 2.75) is 6.42 Å². The van der Waals surface area contributed by atoms with Crippen LogP contribution < -0.4 is 25.3 Å². The second kappa shape index (κ2) is 10.7. The van der Waals surface area contributed by atoms with Crippen molar-refractivity contribution >= 4 is 35.6 Å². The Labute approximate surface area is 165 Å². The van der Waals surface area contributed by atoms with Gasteiger partial charge in [-0.25, -0.2) is 0 Å². The predicted octanol–water partition coefficient (Wildman–Crippen LogP) is 3.30. The van der Waals surface area contributed by atoms with Crippen LogP contribution in [0, 0.1) is 0 Å². The molecule has 25 heavy (non-hydrogen) atoms. The minimum Gasteiger partial charge on any atom is -0.497 e. The molecule has 0 saturated carbocycles. The van der Waals surface area contributed by atoms with Gasteiger partial charge in [-0.1, -0.05) is 12.1 Å². The smallest absolute Gasteiger partial charge is 0.193 e. The number of nitrogens with two attached hydrogens (primary N) is 1. The van der Waals surface area contributed by atoms with Crippen molar-refractivity contribution in [3.05, 3.63) is 48.0 Å². The van der Waals surface area contributed by atoms with E-state index in [0.717, 1.165) is 23.4 Å². The van der Waals surface area contributed by atoms with E-state index >= 15 is 0 Å². The molecule has 0 saturated heterocycles. The lowest BCUT2D eigenvalue weighted by molar-refractivity contribution is 0.354. The Kier molecular flexibility index (Phi) is 8.90. The van der Waals surface area contributed by atoms with E-state index in [0.29, 0.717) is 24.0 Å². The van der Waals surface area contributed by atoms with E-state index in [4.69, 9.17) is 19.9 Å². The van der Waals surface area contributed by atoms with Gasteiger partial charge >= 0.3 is 0 Å². The van der Waals surface area contributed by atoms with Crippen LogP contribution in [0.1, 0.15) is 5.56 Å². The number of benzene rings is 2. The minimum atomic E-state index is 0. The number of hydrogen-bond donors (Lipinski definition) is 2. The second-order valence-corrected chi connectivity index (χ2v) is 5.06. The van der Waals surface area contributed by atoms with Gasteiger partial charge in [0.15, 0.2) is 17.5 Å². The SMILES string of the molecule is COc1cccc(NC(N)=NCCc2ccc(OC)c(OC)c2)c1.I. The Bertz CT molecular complexity index is 708. The molecule has 0 spiro atoms. The molecular weight excluding hydrogens is 433 g/mol. The average Bonchev–Trinajstić information content (AvgIpc) is 2.61. The third-order valence-corrected chi connectivity index (χ3v) is 3.47. The number of halogens is 1. The van der Waals surface area contributed by atoms with Gasteiger partial charge in [0.25, 0.3) is 0 Å². The van der Waals surface area contributed by atoms with Crippen molar-refractivity contribution in [3.8, 4) is 17.2 Å². The molecule has 3 N–H and O–H groups in total. The molecule has 0 fully saturated rings. The Morgan fingerprint density at radius 2 is 1.76 bits per heavy atom. The van der Waals surface area contributed by atoms with E-state index in [2.05, 4.69) is 10.3 Å². The van der Waals surface area contributed by atoms with E-state index < -0.39 is 0 Å². The van der Waals surface area contributed by atoms with E-state index in [9.17, 15) is 0 Å². The topological polar surface area (TPSA) is 78.1 Å². The first-order valence-corrected chi connectivity index (χ1v) is 7.58. The Morgan fingerprint density at radius 3 is 2.44 bits per heavy atom. The molecule has 6 nitrogen and oxygen atoms in total. The van der Waals surface area contributed by atoms with Crippen LogP contribution in [-0.4, -0.2) is 33.8 Å². The third-order valence-electron chi connectivity index (χ3n) is 3.47. The highest BCUT2D eigenvalue weighted by Gasteiger charge is 2.04. The molecule has 7 heteroatoms. The van der Waals surface area contributed by atoms with Crippen LogP contribution in [0.25, 0.3) is 0 Å². The molecule has 0 unspecified atom stereocenters. The monoisotopic (exact) mass is 457 g/mol. The van der Waals surface area contributed by atoms with E-state index in [1.54, 1.807) is 21.3 Å². The van der Waals surface area contributed by atoms with Gasteiger partial charge in [-0.3, -0.25) is 4.99 Å². The van der Waals surface area contributed by atoms with Crippen LogP contribution >= 0.6 is 24.0 Å². The van der Waals surface area contributed by atoms with Crippen molar-refractivity contribution in [2.75, 3.05) is 33.2 Å². The molecule has 0 aliphatic rings. The highest BCUT2D eigenvalue weighted by atomic mass is 127. The first-order valence-electron chi connectivity index (χ1n) is 7.58. The quantitative estimate of drug-likeness (QED) is 0.379. The van der Waals surface area contributed by atoms with Gasteiger partial charge in [-0.2, -0.15) is 0 Å². The number of ether oxygens (including phenoxy) is 3. The van der Waals surface area contributed by atoms with Crippen LogP contribution in [0.5, 0.6) is 17.2 Å². The number of anilines is 1. The number of aliphatic imine (C=N–C) groups is 1. The molecule has 2 aromatic rings. The predicted molar refractivity (Wildman–Crippen MR) is 112 cm³/mol. The zero-order chi connectivity index (χ0) is 17.4. The summed E-state index contributed by atoms with van der Waals surface area (Å²) in [6, 6.07) is 13.3. The van der Waals surface area contributed by atoms with Crippen molar-refractivity contribution in [1.29, 1.82) is 0 Å². The maximum atomic E-state index is 5.92. The summed E-state index contributed by atoms with van der Waals surface area (Å²) >= 11 is 0. The zero-order valence-electron chi connectivity index (χ0n) is 14.6. The fourth-order valence-corrected chi connectivity index (χ4v) is 2.23. The van der Waals surface area contributed by atoms with Gasteiger partial charge in [-0.05, 0) is 36.2 Å². The molecule has 0 aromatic heterocycles. The number of rotatable bonds is 7. The summed E-state index contributed by atoms with van der Waals surface area (Å²) in [5.74, 6) is 2.55. The number of methoxy groups -OCH3 is 3. The molecule has 0 aliphatic carbocycles. The highest BCUT2D eigenvalue weighted by Crippen LogP contribution is 2.27. The minimum absolute atomic E-state index is 0. The third kappa shape index (κ3) is 6.33. The zero-order valence-corrected chi connectivity index (χ0v) is 16.9. The van der Waals surface area contributed by atoms with Crippen molar-refractivity contribution < 1.29 is 14.2 Å². The molecular formula is C18H24IN3O3. The average molecular weight is 457 g/mol. The van der Waals surface area contributed by atoms with Crippen molar-refractivity contribution in [3.63, 3.8) is 0 Å². The second-order valence-electron chi connectivity index (χ2n) is 5.06. The highest BCUT2D eigenvalue weighted by molar-refractivity contribution is 14.0. The molecule has 136 valence electrons. The number of nitrogens with zero attached hydrogens (tertiary/aromatic N) is 1. The summed E-state index contributed by atoms with van der Waals surface area (Å²) in [6.07, 6.45) is 0.751. The Balaban J connectivity index is 0.00000312. The molecule has 0 radical (unpaired) electrons. The van der Waals surface area contributed by atoms with Crippen LogP contribution in [-0.2, 0) is 6.42 Å². The summed E-state index contributed by atoms with van der Waals surface area (Å²) in [6.45, 7) is 0.568. The fraction of sp³-hybridized carbons (Fsp3) is 0.278. The molecule has 0 aliphatic heterocycles. The summed E-state index contributed by atoms with van der Waals surface area (Å²) < 4.78 is 15.7. The number of nitrogens with one attached hydrogen (secondary N) is 1. The summed E-state index contributed by atoms with van der Waals surface area (Å²) in [5.41, 5.74) is 7.85. The van der Waals surface area contributed by atoms with E-state index in [-0.39, 0.29) is 24.0 Å². The van der Waals surface area contributed by atoms with E-state index in [1.807, 2.05) is 42.5 Å². The summed E-state index contributed by atoms with van der Waals surface area (Å²) in [5, 5.41) is 3.05. The lowest BCUT2D eigenvalue weighted by Crippen LogP contribution is -2.23. The maximum Gasteiger partial charge on any atom is 0.193 e. The summed E-state index contributed by atoms with van der Waals surface area (Å²) in [4.78, 5) is 4.34. The lowest BCUT2D eigenvalue weighted by atomic mass is 10.1. The molecule has 0 bridgehead atoms. The molecule has 0 heterocycles. The van der Waals surface area contributed by atoms with Crippen LogP contribution in [0.4, 0.5) is 5.69 Å². The van der Waals surface area contributed by atoms with Gasteiger partial charge in [0.1, 0.15) is 5.75 Å². The normalized spacial score (nSPS) is 10.6. The van der Waals surface area contributed by atoms with Gasteiger partial charge in [-0.15, -0.1) is 24.0 Å². The van der Waals surface area contributed by atoms with Crippen LogP contribution in [0.3, 0.4) is 0 Å². The van der Waals surface area contributed by atoms with E-state index in [1.165, 1.54) is 0 Å². The Hall–Kier alpha value is -2.16. The van der Waals surface area contributed by atoms with Gasteiger partial charge < -0.3 is 25.3 Å². The van der Waals surface area contributed by atoms with Crippen molar-refractivity contribution in [1.82, 2.24) is 0 Å². The molecule has 2 rings (SSSR count). The molecule has 0 amide bonds. The van der Waals surface area contributed by atoms with Gasteiger partial charge in [0.05, 0.1) is 21.3 Å². The number of guanidine groups is 1. The fourth-order valence-electron chi connectivity index (χ4n) is 2.23. The van der Waals surface area contributed by atoms with Crippen LogP contribution in [0.2, 0.25) is 0 Å². The first kappa shape index (κ1) is 20.9. The number of hydrogen-bond acceptors (Lipinski definition) is 4. The standard InChI is InChI=1S/C18H23N3O3.HI/c1-22-15-6-4-5-14(12-15)21-18(19)20-10-9-13-7-8-16(23-2)17(11-13)24-3;/h4-8,11-12H,9-10H2,1-3H3,(H3,19,20,21);1H. The van der Waals surface area contributed by atoms with Crippen LogP contribution in [0.15, 0.2) is 47.5 Å². The van der Waals surface area contributed by atoms with Gasteiger partial charge in [0.2, 0.25) is 0 Å². The first-order chi connectivity index (χ1) is 11.7. The summed E-state index contributed by atoms with van der Waals surface area (Å²) in [7, 11) is 4.86. The van der Waals surface area contributed by atoms with Gasteiger partial charge in [0, 0.05) is 18.3 Å². The molecule has 0 atom stereocenters. The largest absolute Gasteiger partial charge is 0.497 e. The lowest BCUT2D eigenvalue weighted by Gasteiger charge is -2.09. The maximum absolute atomic E-state index is 5.92. The Morgan fingerprint density at radius 1 is 1.00 bits per heavy atom. The van der Waals surface area contributed by atoms with Crippen molar-refractivity contribution in [2.24, 2.45) is 10.7 Å².